The minimum Gasteiger partial charge on any atom is -0.595 e. The lowest BCUT2D eigenvalue weighted by Gasteiger charge is -2.28. The highest BCUT2D eigenvalue weighted by molar-refractivity contribution is 14.0. The van der Waals surface area contributed by atoms with Gasteiger partial charge in [-0.25, -0.2) is 5.21 Å². The molecular weight excluding hydrogens is 381 g/mol. The summed E-state index contributed by atoms with van der Waals surface area (Å²) in [6.07, 6.45) is 0.0201. The minimum atomic E-state index is -0.896. The molecule has 0 aromatic heterocycles. The Balaban J connectivity index is 0.00000161. The number of quaternary nitrogens is 1. The fourth-order valence-corrected chi connectivity index (χ4v) is 2.86. The van der Waals surface area contributed by atoms with Gasteiger partial charge in [-0.05, 0) is 12.1 Å². The molecule has 0 fully saturated rings. The highest BCUT2D eigenvalue weighted by Gasteiger charge is 2.32. The molecule has 1 aliphatic rings. The zero-order valence-corrected chi connectivity index (χ0v) is 14.2. The van der Waals surface area contributed by atoms with Crippen molar-refractivity contribution in [3.8, 4) is 0 Å². The molecule has 6 heteroatoms. The Morgan fingerprint density at radius 2 is 1.57 bits per heavy atom. The quantitative estimate of drug-likeness (QED) is 0.601. The van der Waals surface area contributed by atoms with Crippen LogP contribution in [-0.4, -0.2) is 19.3 Å². The summed E-state index contributed by atoms with van der Waals surface area (Å²) >= 11 is 0. The molecule has 2 aromatic carbocycles. The molecule has 2 aromatic rings. The summed E-state index contributed by atoms with van der Waals surface area (Å²) < 4.78 is 0. The van der Waals surface area contributed by atoms with Gasteiger partial charge in [-0.3, -0.25) is 0 Å². The number of halogens is 1. The van der Waals surface area contributed by atoms with Crippen LogP contribution in [0.2, 0.25) is 0 Å². The standard InChI is InChI=1S/C15H17N3O2.HI/c1-16-13-8-3-4-9-14(13)17(2)15(16)11-6-5-7-12(10-11)18(19)20;/h3-10,15,18-19H,1-2H3;1H. The molecular formula is C15H18IN3O2. The van der Waals surface area contributed by atoms with Crippen LogP contribution < -0.4 is 15.0 Å². The van der Waals surface area contributed by atoms with Crippen molar-refractivity contribution in [1.29, 1.82) is 0 Å². The Bertz CT molecular complexity index is 607. The number of nitrogens with zero attached hydrogens (tertiary/aromatic N) is 2. The summed E-state index contributed by atoms with van der Waals surface area (Å²) in [6.45, 7) is 0. The van der Waals surface area contributed by atoms with E-state index in [1.54, 1.807) is 18.2 Å². The van der Waals surface area contributed by atoms with Crippen molar-refractivity contribution in [2.24, 2.45) is 0 Å². The second-order valence-electron chi connectivity index (χ2n) is 5.01. The molecule has 5 nitrogen and oxygen atoms in total. The van der Waals surface area contributed by atoms with Crippen LogP contribution in [0, 0.1) is 5.21 Å². The van der Waals surface area contributed by atoms with Gasteiger partial charge in [-0.2, -0.15) is 5.23 Å². The van der Waals surface area contributed by atoms with Gasteiger partial charge in [-0.1, -0.05) is 24.3 Å². The number of para-hydroxylation sites is 2. The van der Waals surface area contributed by atoms with E-state index >= 15 is 0 Å². The van der Waals surface area contributed by atoms with Crippen molar-refractivity contribution in [2.75, 3.05) is 23.9 Å². The lowest BCUT2D eigenvalue weighted by atomic mass is 10.1. The predicted molar refractivity (Wildman–Crippen MR) is 93.6 cm³/mol. The van der Waals surface area contributed by atoms with E-state index in [-0.39, 0.29) is 30.1 Å². The summed E-state index contributed by atoms with van der Waals surface area (Å²) in [7, 11) is 4.06. The maximum Gasteiger partial charge on any atom is 0.164 e. The first kappa shape index (κ1) is 16.0. The third kappa shape index (κ3) is 2.71. The summed E-state index contributed by atoms with van der Waals surface area (Å²) in [5, 5.41) is 19.4. The van der Waals surface area contributed by atoms with Crippen LogP contribution in [0.4, 0.5) is 17.1 Å². The first-order valence-corrected chi connectivity index (χ1v) is 6.47. The summed E-state index contributed by atoms with van der Waals surface area (Å²) in [6, 6.07) is 15.3. The topological polar surface area (TPSA) is 54.2 Å². The molecule has 3 rings (SSSR count). The average molecular weight is 399 g/mol. The average Bonchev–Trinajstić information content (AvgIpc) is 2.72. The van der Waals surface area contributed by atoms with E-state index in [0.717, 1.165) is 16.9 Å². The van der Waals surface area contributed by atoms with Crippen molar-refractivity contribution in [3.05, 3.63) is 59.3 Å². The number of fused-ring (bicyclic) bond motifs is 1. The van der Waals surface area contributed by atoms with E-state index in [0.29, 0.717) is 5.69 Å². The highest BCUT2D eigenvalue weighted by Crippen LogP contribution is 2.44. The van der Waals surface area contributed by atoms with Gasteiger partial charge in [0.15, 0.2) is 5.69 Å². The van der Waals surface area contributed by atoms with Gasteiger partial charge in [0.05, 0.1) is 11.4 Å². The lowest BCUT2D eigenvalue weighted by Crippen LogP contribution is -2.99. The molecule has 0 saturated heterocycles. The fraction of sp³-hybridized carbons (Fsp3) is 0.200. The van der Waals surface area contributed by atoms with Crippen LogP contribution in [-0.2, 0) is 0 Å². The van der Waals surface area contributed by atoms with E-state index in [1.165, 1.54) is 0 Å². The number of hydrogen-bond donors (Lipinski definition) is 2. The second kappa shape index (κ2) is 6.18. The molecule has 0 bridgehead atoms. The predicted octanol–water partition coefficient (Wildman–Crippen LogP) is 2.29. The number of hydrogen-bond acceptors (Lipinski definition) is 4. The summed E-state index contributed by atoms with van der Waals surface area (Å²) in [5.41, 5.74) is 3.60. The van der Waals surface area contributed by atoms with Crippen LogP contribution in [0.25, 0.3) is 0 Å². The molecule has 0 saturated carbocycles. The van der Waals surface area contributed by atoms with Crippen LogP contribution in [0.15, 0.2) is 48.5 Å². The molecule has 0 amide bonds. The van der Waals surface area contributed by atoms with E-state index in [4.69, 9.17) is 5.21 Å². The first-order chi connectivity index (χ1) is 9.59. The molecule has 1 atom stereocenters. The zero-order valence-electron chi connectivity index (χ0n) is 11.9. The van der Waals surface area contributed by atoms with Crippen molar-refractivity contribution >= 4 is 41.0 Å². The van der Waals surface area contributed by atoms with Gasteiger partial charge >= 0.3 is 0 Å². The molecule has 1 aliphatic heterocycles. The Kier molecular flexibility index (Phi) is 4.72. The molecule has 1 unspecified atom stereocenters. The first-order valence-electron chi connectivity index (χ1n) is 6.47. The van der Waals surface area contributed by atoms with Crippen molar-refractivity contribution in [2.45, 2.75) is 6.17 Å². The zero-order chi connectivity index (χ0) is 14.3. The van der Waals surface area contributed by atoms with Crippen molar-refractivity contribution < 1.29 is 10.4 Å². The Labute approximate surface area is 140 Å². The minimum absolute atomic E-state index is 0. The second-order valence-corrected chi connectivity index (χ2v) is 5.01. The molecule has 21 heavy (non-hydrogen) atoms. The SMILES string of the molecule is CN1c2ccccc2N(C)C1c1cccc([NH+]([O-])O)c1.I. The largest absolute Gasteiger partial charge is 0.595 e. The van der Waals surface area contributed by atoms with E-state index in [2.05, 4.69) is 21.9 Å². The number of nitrogens with one attached hydrogen (secondary N) is 1. The monoisotopic (exact) mass is 399 g/mol. The van der Waals surface area contributed by atoms with Crippen LogP contribution >= 0.6 is 24.0 Å². The number of rotatable bonds is 2. The van der Waals surface area contributed by atoms with Crippen molar-refractivity contribution in [3.63, 3.8) is 0 Å². The van der Waals surface area contributed by atoms with Gasteiger partial charge in [-0.15, -0.1) is 24.0 Å². The Morgan fingerprint density at radius 1 is 1.00 bits per heavy atom. The van der Waals surface area contributed by atoms with E-state index in [9.17, 15) is 5.21 Å². The molecule has 2 N–H and O–H groups in total. The third-order valence-electron chi connectivity index (χ3n) is 3.81. The smallest absolute Gasteiger partial charge is 0.164 e. The maximum absolute atomic E-state index is 11.1. The van der Waals surface area contributed by atoms with Crippen LogP contribution in [0.5, 0.6) is 0 Å². The Morgan fingerprint density at radius 3 is 2.10 bits per heavy atom. The lowest BCUT2D eigenvalue weighted by molar-refractivity contribution is -0.991. The maximum atomic E-state index is 11.1. The number of benzene rings is 2. The molecule has 1 heterocycles. The van der Waals surface area contributed by atoms with E-state index < -0.39 is 5.23 Å². The van der Waals surface area contributed by atoms with Gasteiger partial charge in [0.1, 0.15) is 6.17 Å². The van der Waals surface area contributed by atoms with E-state index in [1.807, 2.05) is 32.3 Å². The summed E-state index contributed by atoms with van der Waals surface area (Å²) in [4.78, 5) is 4.33. The third-order valence-corrected chi connectivity index (χ3v) is 3.81. The number of anilines is 2. The summed E-state index contributed by atoms with van der Waals surface area (Å²) in [5.74, 6) is 0. The molecule has 0 spiro atoms. The molecule has 0 aliphatic carbocycles. The van der Waals surface area contributed by atoms with Crippen LogP contribution in [0.1, 0.15) is 11.7 Å². The van der Waals surface area contributed by atoms with Crippen LogP contribution in [0.3, 0.4) is 0 Å². The van der Waals surface area contributed by atoms with Crippen molar-refractivity contribution in [1.82, 2.24) is 0 Å². The Hall–Kier alpha value is -1.35. The van der Waals surface area contributed by atoms with Gasteiger partial charge < -0.3 is 15.0 Å². The molecule has 112 valence electrons. The fourth-order valence-electron chi connectivity index (χ4n) is 2.86. The highest BCUT2D eigenvalue weighted by atomic mass is 127. The van der Waals surface area contributed by atoms with Gasteiger partial charge in [0.25, 0.3) is 0 Å². The van der Waals surface area contributed by atoms with Gasteiger partial charge in [0, 0.05) is 31.8 Å². The normalized spacial score (nSPS) is 15.6. The molecule has 0 radical (unpaired) electrons. The van der Waals surface area contributed by atoms with Gasteiger partial charge in [0.2, 0.25) is 0 Å².